The molecule has 0 saturated carbocycles. The van der Waals surface area contributed by atoms with Crippen molar-refractivity contribution >= 4 is 21.6 Å². The van der Waals surface area contributed by atoms with Crippen molar-refractivity contribution in [3.8, 4) is 0 Å². The van der Waals surface area contributed by atoms with E-state index in [1.807, 2.05) is 29.2 Å². The summed E-state index contributed by atoms with van der Waals surface area (Å²) in [5.74, 6) is 0. The third-order valence-corrected chi connectivity index (χ3v) is 5.13. The summed E-state index contributed by atoms with van der Waals surface area (Å²) >= 11 is 3.37. The summed E-state index contributed by atoms with van der Waals surface area (Å²) in [6, 6.07) is 13.0. The molecule has 0 aliphatic carbocycles. The van der Waals surface area contributed by atoms with Crippen molar-refractivity contribution in [1.29, 1.82) is 0 Å². The number of nitrogens with zero attached hydrogens (tertiary/aromatic N) is 2. The number of aliphatic hydroxyl groups excluding tert-OH is 1. The van der Waals surface area contributed by atoms with E-state index in [-0.39, 0.29) is 0 Å². The molecular weight excluding hydrogens is 409 g/mol. The van der Waals surface area contributed by atoms with Gasteiger partial charge in [-0.2, -0.15) is 13.2 Å². The van der Waals surface area contributed by atoms with E-state index >= 15 is 0 Å². The van der Waals surface area contributed by atoms with Gasteiger partial charge >= 0.3 is 6.18 Å². The Morgan fingerprint density at radius 2 is 1.65 bits per heavy atom. The number of β-amino-alcohol motifs (C(OH)–C–C–N with tert-alkyl or cyclic N) is 1. The molecule has 0 radical (unpaired) electrons. The number of halogens is 4. The minimum Gasteiger partial charge on any atom is -0.387 e. The van der Waals surface area contributed by atoms with Crippen molar-refractivity contribution in [2.24, 2.45) is 0 Å². The maximum atomic E-state index is 12.9. The number of aliphatic hydroxyl groups is 1. The molecule has 1 unspecified atom stereocenters. The van der Waals surface area contributed by atoms with Gasteiger partial charge in [-0.15, -0.1) is 0 Å². The second-order valence-corrected chi connectivity index (χ2v) is 7.32. The van der Waals surface area contributed by atoms with Crippen LogP contribution >= 0.6 is 15.9 Å². The minimum atomic E-state index is -4.33. The first-order valence-corrected chi connectivity index (χ1v) is 9.20. The van der Waals surface area contributed by atoms with Gasteiger partial charge in [0.15, 0.2) is 0 Å². The number of benzene rings is 2. The molecule has 1 aliphatic rings. The fourth-order valence-electron chi connectivity index (χ4n) is 3.10. The number of piperazine rings is 1. The van der Waals surface area contributed by atoms with E-state index in [0.717, 1.165) is 16.1 Å². The first kappa shape index (κ1) is 19.2. The van der Waals surface area contributed by atoms with E-state index in [9.17, 15) is 18.3 Å². The second-order valence-electron chi connectivity index (χ2n) is 6.40. The number of rotatable bonds is 4. The number of anilines is 1. The molecule has 1 saturated heterocycles. The summed E-state index contributed by atoms with van der Waals surface area (Å²) < 4.78 is 39.6. The molecule has 2 aromatic carbocycles. The highest BCUT2D eigenvalue weighted by Crippen LogP contribution is 2.32. The molecule has 0 amide bonds. The Bertz CT molecular complexity index is 728. The van der Waals surface area contributed by atoms with Gasteiger partial charge in [0, 0.05) is 42.9 Å². The predicted molar refractivity (Wildman–Crippen MR) is 99.2 cm³/mol. The number of alkyl halides is 3. The van der Waals surface area contributed by atoms with Gasteiger partial charge in [-0.3, -0.25) is 4.90 Å². The first-order chi connectivity index (χ1) is 12.3. The lowest BCUT2D eigenvalue weighted by Gasteiger charge is -2.37. The summed E-state index contributed by atoms with van der Waals surface area (Å²) in [4.78, 5) is 4.09. The van der Waals surface area contributed by atoms with Crippen molar-refractivity contribution in [2.45, 2.75) is 12.3 Å². The van der Waals surface area contributed by atoms with Crippen molar-refractivity contribution in [2.75, 3.05) is 37.6 Å². The third kappa shape index (κ3) is 4.78. The SMILES string of the molecule is OC(CN1CCN(c2cccc(C(F)(F)F)c2)CC1)c1ccc(Br)cc1. The van der Waals surface area contributed by atoms with Crippen LogP contribution in [0.5, 0.6) is 0 Å². The van der Waals surface area contributed by atoms with Gasteiger partial charge in [0.25, 0.3) is 0 Å². The van der Waals surface area contributed by atoms with Gasteiger partial charge in [-0.05, 0) is 35.9 Å². The Balaban J connectivity index is 1.57. The monoisotopic (exact) mass is 428 g/mol. The van der Waals surface area contributed by atoms with Crippen LogP contribution in [0.2, 0.25) is 0 Å². The second kappa shape index (κ2) is 7.98. The molecule has 2 aromatic rings. The summed E-state index contributed by atoms with van der Waals surface area (Å²) in [5, 5.41) is 10.4. The molecule has 3 nitrogen and oxygen atoms in total. The van der Waals surface area contributed by atoms with Crippen LogP contribution in [0.25, 0.3) is 0 Å². The lowest BCUT2D eigenvalue weighted by Crippen LogP contribution is -2.47. The molecule has 7 heteroatoms. The lowest BCUT2D eigenvalue weighted by atomic mass is 10.1. The Morgan fingerprint density at radius 3 is 2.27 bits per heavy atom. The summed E-state index contributed by atoms with van der Waals surface area (Å²) in [6.07, 6.45) is -4.91. The van der Waals surface area contributed by atoms with Gasteiger partial charge in [0.2, 0.25) is 0 Å². The maximum absolute atomic E-state index is 12.9. The standard InChI is InChI=1S/C19H20BrF3N2O/c20-16-6-4-14(5-7-16)18(26)13-24-8-10-25(11-9-24)17-3-1-2-15(12-17)19(21,22)23/h1-7,12,18,26H,8-11,13H2. The molecular formula is C19H20BrF3N2O. The van der Waals surface area contributed by atoms with Crippen LogP contribution in [-0.4, -0.2) is 42.7 Å². The zero-order chi connectivity index (χ0) is 18.7. The molecule has 1 aliphatic heterocycles. The van der Waals surface area contributed by atoms with E-state index < -0.39 is 17.8 Å². The van der Waals surface area contributed by atoms with Crippen LogP contribution in [0, 0.1) is 0 Å². The van der Waals surface area contributed by atoms with Crippen molar-refractivity contribution in [3.05, 3.63) is 64.1 Å². The van der Waals surface area contributed by atoms with E-state index in [0.29, 0.717) is 38.4 Å². The van der Waals surface area contributed by atoms with Crippen LogP contribution in [-0.2, 0) is 6.18 Å². The molecule has 140 valence electrons. The topological polar surface area (TPSA) is 26.7 Å². The fourth-order valence-corrected chi connectivity index (χ4v) is 3.37. The van der Waals surface area contributed by atoms with E-state index in [2.05, 4.69) is 20.8 Å². The average Bonchev–Trinajstić information content (AvgIpc) is 2.62. The Kier molecular flexibility index (Phi) is 5.89. The van der Waals surface area contributed by atoms with Gasteiger partial charge < -0.3 is 10.0 Å². The zero-order valence-corrected chi connectivity index (χ0v) is 15.7. The Labute approximate surface area is 159 Å². The maximum Gasteiger partial charge on any atom is 0.416 e. The molecule has 0 bridgehead atoms. The first-order valence-electron chi connectivity index (χ1n) is 8.41. The largest absolute Gasteiger partial charge is 0.416 e. The van der Waals surface area contributed by atoms with Gasteiger partial charge in [-0.25, -0.2) is 0 Å². The van der Waals surface area contributed by atoms with Crippen LogP contribution in [0.4, 0.5) is 18.9 Å². The number of hydrogen-bond acceptors (Lipinski definition) is 3. The minimum absolute atomic E-state index is 0.512. The third-order valence-electron chi connectivity index (χ3n) is 4.60. The molecule has 1 heterocycles. The summed E-state index contributed by atoms with van der Waals surface area (Å²) in [5.41, 5.74) is 0.824. The summed E-state index contributed by atoms with van der Waals surface area (Å²) in [7, 11) is 0. The molecule has 1 atom stereocenters. The molecule has 26 heavy (non-hydrogen) atoms. The highest BCUT2D eigenvalue weighted by molar-refractivity contribution is 9.10. The van der Waals surface area contributed by atoms with Crippen LogP contribution in [0.3, 0.4) is 0 Å². The quantitative estimate of drug-likeness (QED) is 0.785. The predicted octanol–water partition coefficient (Wildman–Crippen LogP) is 4.32. The highest BCUT2D eigenvalue weighted by atomic mass is 79.9. The van der Waals surface area contributed by atoms with Crippen molar-refractivity contribution < 1.29 is 18.3 Å². The Hall–Kier alpha value is -1.57. The van der Waals surface area contributed by atoms with Gasteiger partial charge in [0.05, 0.1) is 11.7 Å². The van der Waals surface area contributed by atoms with Gasteiger partial charge in [-0.1, -0.05) is 34.1 Å². The van der Waals surface area contributed by atoms with E-state index in [1.165, 1.54) is 12.1 Å². The van der Waals surface area contributed by atoms with Crippen molar-refractivity contribution in [1.82, 2.24) is 4.90 Å². The lowest BCUT2D eigenvalue weighted by molar-refractivity contribution is -0.137. The normalized spacial score (nSPS) is 17.3. The van der Waals surface area contributed by atoms with Gasteiger partial charge in [0.1, 0.15) is 0 Å². The molecule has 3 rings (SSSR count). The molecule has 0 aromatic heterocycles. The van der Waals surface area contributed by atoms with Crippen LogP contribution in [0.1, 0.15) is 17.2 Å². The Morgan fingerprint density at radius 1 is 1.00 bits per heavy atom. The highest BCUT2D eigenvalue weighted by Gasteiger charge is 2.31. The average molecular weight is 429 g/mol. The van der Waals surface area contributed by atoms with E-state index in [4.69, 9.17) is 0 Å². The van der Waals surface area contributed by atoms with E-state index in [1.54, 1.807) is 6.07 Å². The fraction of sp³-hybridized carbons (Fsp3) is 0.368. The molecule has 0 spiro atoms. The summed E-state index contributed by atoms with van der Waals surface area (Å²) in [6.45, 7) is 3.18. The van der Waals surface area contributed by atoms with Crippen LogP contribution in [0.15, 0.2) is 53.0 Å². The zero-order valence-electron chi connectivity index (χ0n) is 14.1. The van der Waals surface area contributed by atoms with Crippen LogP contribution < -0.4 is 4.90 Å². The number of hydrogen-bond donors (Lipinski definition) is 1. The smallest absolute Gasteiger partial charge is 0.387 e. The molecule has 1 N–H and O–H groups in total. The molecule has 1 fully saturated rings. The van der Waals surface area contributed by atoms with Crippen molar-refractivity contribution in [3.63, 3.8) is 0 Å².